The van der Waals surface area contributed by atoms with Gasteiger partial charge in [-0.25, -0.2) is 0 Å². The van der Waals surface area contributed by atoms with Gasteiger partial charge in [0.05, 0.1) is 0 Å². The van der Waals surface area contributed by atoms with Gasteiger partial charge in [-0.2, -0.15) is 0 Å². The summed E-state index contributed by atoms with van der Waals surface area (Å²) < 4.78 is 0. The van der Waals surface area contributed by atoms with Crippen molar-refractivity contribution in [1.82, 2.24) is 0 Å². The van der Waals surface area contributed by atoms with Crippen LogP contribution in [-0.2, 0) is 6.42 Å². The molecule has 0 amide bonds. The zero-order chi connectivity index (χ0) is 12.1. The first kappa shape index (κ1) is 13.5. The van der Waals surface area contributed by atoms with E-state index in [2.05, 4.69) is 32.0 Å². The Morgan fingerprint density at radius 3 is 2.31 bits per heavy atom. The maximum Gasteiger partial charge on any atom is 0.0443 e. The maximum atomic E-state index is 6.32. The molecule has 0 heterocycles. The first-order valence-electron chi connectivity index (χ1n) is 6.12. The van der Waals surface area contributed by atoms with Crippen LogP contribution in [0.15, 0.2) is 18.2 Å². The first-order valence-corrected chi connectivity index (χ1v) is 6.50. The van der Waals surface area contributed by atoms with Crippen LogP contribution in [0.3, 0.4) is 0 Å². The van der Waals surface area contributed by atoms with Gasteiger partial charge in [0.2, 0.25) is 0 Å². The van der Waals surface area contributed by atoms with Crippen molar-refractivity contribution in [3.8, 4) is 0 Å². The van der Waals surface area contributed by atoms with Gasteiger partial charge in [-0.15, -0.1) is 0 Å². The zero-order valence-electron chi connectivity index (χ0n) is 10.5. The molecule has 0 aliphatic rings. The molecule has 0 aliphatic heterocycles. The number of nitrogens with two attached hydrogens (primary N) is 1. The Bertz CT molecular complexity index is 330. The number of hydrogen-bond donors (Lipinski definition) is 1. The predicted molar refractivity (Wildman–Crippen MR) is 72.1 cm³/mol. The summed E-state index contributed by atoms with van der Waals surface area (Å²) in [7, 11) is 0. The third kappa shape index (κ3) is 3.50. The molecule has 1 unspecified atom stereocenters. The van der Waals surface area contributed by atoms with Gasteiger partial charge in [0.1, 0.15) is 0 Å². The Balaban J connectivity index is 2.90. The molecule has 1 rings (SSSR count). The third-order valence-electron chi connectivity index (χ3n) is 3.05. The molecule has 0 saturated heterocycles. The molecule has 16 heavy (non-hydrogen) atoms. The van der Waals surface area contributed by atoms with Crippen LogP contribution in [0.1, 0.15) is 50.7 Å². The van der Waals surface area contributed by atoms with E-state index in [4.69, 9.17) is 17.3 Å². The van der Waals surface area contributed by atoms with Crippen molar-refractivity contribution in [2.24, 2.45) is 5.73 Å². The van der Waals surface area contributed by atoms with Crippen LogP contribution in [0, 0.1) is 0 Å². The second kappa shape index (κ2) is 6.27. The fourth-order valence-electron chi connectivity index (χ4n) is 2.13. The Labute approximate surface area is 104 Å². The van der Waals surface area contributed by atoms with Gasteiger partial charge >= 0.3 is 0 Å². The standard InChI is InChI=1S/C14H22ClN/c1-4-12(5-2)13-7-6-11(8-10(3)16)9-14(13)15/h6-7,9-10,12H,4-5,8,16H2,1-3H3. The highest BCUT2D eigenvalue weighted by atomic mass is 35.5. The highest BCUT2D eigenvalue weighted by Crippen LogP contribution is 2.30. The van der Waals surface area contributed by atoms with Crippen molar-refractivity contribution in [3.05, 3.63) is 34.3 Å². The first-order chi connectivity index (χ1) is 7.58. The van der Waals surface area contributed by atoms with Gasteiger partial charge in [-0.1, -0.05) is 37.6 Å². The van der Waals surface area contributed by atoms with Crippen LogP contribution in [0.5, 0.6) is 0 Å². The van der Waals surface area contributed by atoms with Crippen LogP contribution in [0.25, 0.3) is 0 Å². The van der Waals surface area contributed by atoms with E-state index in [1.54, 1.807) is 0 Å². The summed E-state index contributed by atoms with van der Waals surface area (Å²) in [5, 5.41) is 0.895. The summed E-state index contributed by atoms with van der Waals surface area (Å²) in [6.07, 6.45) is 3.18. The van der Waals surface area contributed by atoms with Crippen molar-refractivity contribution in [2.75, 3.05) is 0 Å². The molecule has 0 aliphatic carbocycles. The van der Waals surface area contributed by atoms with E-state index in [1.807, 2.05) is 6.92 Å². The highest BCUT2D eigenvalue weighted by Gasteiger charge is 2.11. The van der Waals surface area contributed by atoms with Crippen molar-refractivity contribution >= 4 is 11.6 Å². The van der Waals surface area contributed by atoms with Crippen LogP contribution >= 0.6 is 11.6 Å². The van der Waals surface area contributed by atoms with Crippen molar-refractivity contribution in [1.29, 1.82) is 0 Å². The van der Waals surface area contributed by atoms with E-state index in [9.17, 15) is 0 Å². The van der Waals surface area contributed by atoms with Crippen LogP contribution in [0.2, 0.25) is 5.02 Å². The lowest BCUT2D eigenvalue weighted by atomic mass is 9.92. The molecule has 0 saturated carbocycles. The molecular weight excluding hydrogens is 218 g/mol. The van der Waals surface area contributed by atoms with Gasteiger partial charge in [0, 0.05) is 11.1 Å². The fourth-order valence-corrected chi connectivity index (χ4v) is 2.49. The molecule has 0 bridgehead atoms. The lowest BCUT2D eigenvalue weighted by Crippen LogP contribution is -2.17. The lowest BCUT2D eigenvalue weighted by molar-refractivity contribution is 0.641. The number of halogens is 1. The van der Waals surface area contributed by atoms with Gasteiger partial charge in [0.15, 0.2) is 0 Å². The Hall–Kier alpha value is -0.530. The monoisotopic (exact) mass is 239 g/mol. The number of benzene rings is 1. The highest BCUT2D eigenvalue weighted by molar-refractivity contribution is 6.31. The number of hydrogen-bond acceptors (Lipinski definition) is 1. The van der Waals surface area contributed by atoms with Gasteiger partial charge in [-0.05, 0) is 49.3 Å². The molecule has 0 radical (unpaired) electrons. The molecule has 1 nitrogen and oxygen atoms in total. The molecule has 0 fully saturated rings. The molecule has 0 spiro atoms. The minimum atomic E-state index is 0.190. The predicted octanol–water partition coefficient (Wildman–Crippen LogP) is 4.13. The molecule has 0 aromatic heterocycles. The minimum absolute atomic E-state index is 0.190. The molecule has 90 valence electrons. The average molecular weight is 240 g/mol. The fraction of sp³-hybridized carbons (Fsp3) is 0.571. The van der Waals surface area contributed by atoms with Crippen molar-refractivity contribution in [3.63, 3.8) is 0 Å². The van der Waals surface area contributed by atoms with Crippen LogP contribution in [0.4, 0.5) is 0 Å². The molecular formula is C14H22ClN. The summed E-state index contributed by atoms with van der Waals surface area (Å²) in [5.74, 6) is 0.580. The quantitative estimate of drug-likeness (QED) is 0.822. The second-order valence-electron chi connectivity index (χ2n) is 4.55. The zero-order valence-corrected chi connectivity index (χ0v) is 11.2. The summed E-state index contributed by atoms with van der Waals surface area (Å²) in [6.45, 7) is 6.43. The summed E-state index contributed by atoms with van der Waals surface area (Å²) in [5.41, 5.74) is 8.29. The van der Waals surface area contributed by atoms with Crippen LogP contribution < -0.4 is 5.73 Å². The molecule has 2 heteroatoms. The van der Waals surface area contributed by atoms with E-state index < -0.39 is 0 Å². The number of rotatable bonds is 5. The second-order valence-corrected chi connectivity index (χ2v) is 4.96. The topological polar surface area (TPSA) is 26.0 Å². The molecule has 2 N–H and O–H groups in total. The summed E-state index contributed by atoms with van der Waals surface area (Å²) >= 11 is 6.32. The smallest absolute Gasteiger partial charge is 0.0443 e. The molecule has 1 aromatic carbocycles. The Morgan fingerprint density at radius 2 is 1.88 bits per heavy atom. The van der Waals surface area contributed by atoms with Gasteiger partial charge in [-0.3, -0.25) is 0 Å². The Morgan fingerprint density at radius 1 is 1.25 bits per heavy atom. The van der Waals surface area contributed by atoms with Crippen molar-refractivity contribution in [2.45, 2.75) is 52.0 Å². The van der Waals surface area contributed by atoms with E-state index in [1.165, 1.54) is 11.1 Å². The van der Waals surface area contributed by atoms with Crippen LogP contribution in [-0.4, -0.2) is 6.04 Å². The van der Waals surface area contributed by atoms with Gasteiger partial charge in [0.25, 0.3) is 0 Å². The lowest BCUT2D eigenvalue weighted by Gasteiger charge is -2.16. The normalized spacial score (nSPS) is 13.1. The third-order valence-corrected chi connectivity index (χ3v) is 3.38. The summed E-state index contributed by atoms with van der Waals surface area (Å²) in [4.78, 5) is 0. The minimum Gasteiger partial charge on any atom is -0.328 e. The van der Waals surface area contributed by atoms with Crippen molar-refractivity contribution < 1.29 is 0 Å². The maximum absolute atomic E-state index is 6.32. The van der Waals surface area contributed by atoms with Gasteiger partial charge < -0.3 is 5.73 Å². The largest absolute Gasteiger partial charge is 0.328 e. The van der Waals surface area contributed by atoms with E-state index in [-0.39, 0.29) is 6.04 Å². The van der Waals surface area contributed by atoms with E-state index >= 15 is 0 Å². The summed E-state index contributed by atoms with van der Waals surface area (Å²) in [6, 6.07) is 6.58. The SMILES string of the molecule is CCC(CC)c1ccc(CC(C)N)cc1Cl. The van der Waals surface area contributed by atoms with E-state index in [0.29, 0.717) is 5.92 Å². The molecule has 1 aromatic rings. The van der Waals surface area contributed by atoms with E-state index in [0.717, 1.165) is 24.3 Å². The average Bonchev–Trinajstić information content (AvgIpc) is 2.21. The molecule has 1 atom stereocenters. The Kier molecular flexibility index (Phi) is 5.30.